The second kappa shape index (κ2) is 7.14. The molecule has 0 radical (unpaired) electrons. The molecule has 0 aliphatic carbocycles. The smallest absolute Gasteiger partial charge is 0.236 e. The standard InChI is InChI=1S/C22H21NO/c1-16-13-14-17(2)20(15-16)23-22(24)21(18-9-5-3-6-10-18)19-11-7-4-8-12-19/h3-15,21H,1-2H3,(H,23,24). The minimum absolute atomic E-state index is 0.0129. The molecule has 0 unspecified atom stereocenters. The molecule has 24 heavy (non-hydrogen) atoms. The second-order valence-corrected chi connectivity index (χ2v) is 6.06. The van der Waals surface area contributed by atoms with E-state index in [9.17, 15) is 4.79 Å². The summed E-state index contributed by atoms with van der Waals surface area (Å²) in [5.74, 6) is -0.339. The van der Waals surface area contributed by atoms with Gasteiger partial charge in [0.25, 0.3) is 0 Å². The first-order chi connectivity index (χ1) is 11.6. The van der Waals surface area contributed by atoms with Crippen molar-refractivity contribution in [3.8, 4) is 0 Å². The van der Waals surface area contributed by atoms with E-state index in [1.165, 1.54) is 0 Å². The fourth-order valence-electron chi connectivity index (χ4n) is 2.86. The SMILES string of the molecule is Cc1ccc(C)c(NC(=O)C(c2ccccc2)c2ccccc2)c1. The molecule has 0 bridgehead atoms. The van der Waals surface area contributed by atoms with Gasteiger partial charge >= 0.3 is 0 Å². The minimum Gasteiger partial charge on any atom is -0.325 e. The molecule has 0 fully saturated rings. The van der Waals surface area contributed by atoms with E-state index in [0.29, 0.717) is 0 Å². The molecule has 1 amide bonds. The first-order valence-electron chi connectivity index (χ1n) is 8.13. The van der Waals surface area contributed by atoms with E-state index in [0.717, 1.165) is 27.9 Å². The van der Waals surface area contributed by atoms with Gasteiger partial charge in [-0.15, -0.1) is 0 Å². The molecule has 0 aromatic heterocycles. The average Bonchev–Trinajstić information content (AvgIpc) is 2.60. The average molecular weight is 315 g/mol. The zero-order valence-corrected chi connectivity index (χ0v) is 14.0. The van der Waals surface area contributed by atoms with Crippen molar-refractivity contribution in [1.82, 2.24) is 0 Å². The molecule has 0 saturated carbocycles. The number of anilines is 1. The molecule has 0 heterocycles. The molecule has 2 nitrogen and oxygen atoms in total. The Balaban J connectivity index is 1.97. The number of benzene rings is 3. The summed E-state index contributed by atoms with van der Waals surface area (Å²) < 4.78 is 0. The highest BCUT2D eigenvalue weighted by molar-refractivity contribution is 5.98. The molecular formula is C22H21NO. The van der Waals surface area contributed by atoms with Gasteiger partial charge in [0.05, 0.1) is 5.92 Å². The Bertz CT molecular complexity index is 786. The van der Waals surface area contributed by atoms with Crippen molar-refractivity contribution >= 4 is 11.6 Å². The van der Waals surface area contributed by atoms with Crippen molar-refractivity contribution in [3.05, 3.63) is 101 Å². The van der Waals surface area contributed by atoms with Crippen LogP contribution in [-0.4, -0.2) is 5.91 Å². The van der Waals surface area contributed by atoms with Crippen molar-refractivity contribution in [1.29, 1.82) is 0 Å². The summed E-state index contributed by atoms with van der Waals surface area (Å²) in [6.45, 7) is 4.04. The first kappa shape index (κ1) is 16.0. The number of rotatable bonds is 4. The fourth-order valence-corrected chi connectivity index (χ4v) is 2.86. The lowest BCUT2D eigenvalue weighted by Gasteiger charge is -2.19. The quantitative estimate of drug-likeness (QED) is 0.715. The maximum Gasteiger partial charge on any atom is 0.236 e. The lowest BCUT2D eigenvalue weighted by atomic mass is 9.90. The van der Waals surface area contributed by atoms with Crippen molar-refractivity contribution in [3.63, 3.8) is 0 Å². The summed E-state index contributed by atoms with van der Waals surface area (Å²) in [7, 11) is 0. The van der Waals surface area contributed by atoms with Crippen LogP contribution in [0.25, 0.3) is 0 Å². The van der Waals surface area contributed by atoms with Crippen LogP contribution in [0.3, 0.4) is 0 Å². The Labute approximate surface area is 143 Å². The Kier molecular flexibility index (Phi) is 4.76. The van der Waals surface area contributed by atoms with Crippen LogP contribution in [0, 0.1) is 13.8 Å². The maximum atomic E-state index is 13.1. The highest BCUT2D eigenvalue weighted by Crippen LogP contribution is 2.27. The predicted molar refractivity (Wildman–Crippen MR) is 99.3 cm³/mol. The minimum atomic E-state index is -0.327. The number of aryl methyl sites for hydroxylation is 2. The summed E-state index contributed by atoms with van der Waals surface area (Å²) in [5.41, 5.74) is 5.05. The molecular weight excluding hydrogens is 294 g/mol. The monoisotopic (exact) mass is 315 g/mol. The highest BCUT2D eigenvalue weighted by atomic mass is 16.1. The van der Waals surface area contributed by atoms with E-state index in [1.807, 2.05) is 86.6 Å². The van der Waals surface area contributed by atoms with Gasteiger partial charge in [0.1, 0.15) is 0 Å². The third-order valence-electron chi connectivity index (χ3n) is 4.18. The van der Waals surface area contributed by atoms with Crippen LogP contribution in [0.15, 0.2) is 78.9 Å². The van der Waals surface area contributed by atoms with Crippen molar-refractivity contribution in [2.45, 2.75) is 19.8 Å². The van der Waals surface area contributed by atoms with Gasteiger partial charge in [-0.3, -0.25) is 4.79 Å². The van der Waals surface area contributed by atoms with E-state index in [-0.39, 0.29) is 11.8 Å². The molecule has 0 aliphatic heterocycles. The summed E-state index contributed by atoms with van der Waals surface area (Å²) in [4.78, 5) is 13.1. The van der Waals surface area contributed by atoms with Crippen LogP contribution >= 0.6 is 0 Å². The van der Waals surface area contributed by atoms with Gasteiger partial charge in [0.15, 0.2) is 0 Å². The topological polar surface area (TPSA) is 29.1 Å². The largest absolute Gasteiger partial charge is 0.325 e. The van der Waals surface area contributed by atoms with Gasteiger partial charge in [-0.2, -0.15) is 0 Å². The van der Waals surface area contributed by atoms with Crippen LogP contribution in [0.1, 0.15) is 28.2 Å². The molecule has 0 saturated heterocycles. The van der Waals surface area contributed by atoms with Crippen molar-refractivity contribution in [2.24, 2.45) is 0 Å². The number of hydrogen-bond acceptors (Lipinski definition) is 1. The van der Waals surface area contributed by atoms with E-state index in [1.54, 1.807) is 0 Å². The van der Waals surface area contributed by atoms with Gasteiger partial charge in [-0.1, -0.05) is 72.8 Å². The molecule has 0 aliphatic rings. The van der Waals surface area contributed by atoms with Crippen LogP contribution in [0.2, 0.25) is 0 Å². The summed E-state index contributed by atoms with van der Waals surface area (Å²) in [5, 5.41) is 3.11. The predicted octanol–water partition coefficient (Wildman–Crippen LogP) is 5.07. The van der Waals surface area contributed by atoms with Crippen molar-refractivity contribution < 1.29 is 4.79 Å². The molecule has 120 valence electrons. The zero-order chi connectivity index (χ0) is 16.9. The van der Waals surface area contributed by atoms with Gasteiger partial charge in [0.2, 0.25) is 5.91 Å². The van der Waals surface area contributed by atoms with E-state index < -0.39 is 0 Å². The van der Waals surface area contributed by atoms with Gasteiger partial charge < -0.3 is 5.32 Å². The second-order valence-electron chi connectivity index (χ2n) is 6.06. The number of nitrogens with one attached hydrogen (secondary N) is 1. The van der Waals surface area contributed by atoms with E-state index in [2.05, 4.69) is 11.4 Å². The number of carbonyl (C=O) groups is 1. The molecule has 3 rings (SSSR count). The zero-order valence-electron chi connectivity index (χ0n) is 14.0. The number of carbonyl (C=O) groups excluding carboxylic acids is 1. The Morgan fingerprint density at radius 2 is 1.33 bits per heavy atom. The molecule has 3 aromatic rings. The Hall–Kier alpha value is -2.87. The van der Waals surface area contributed by atoms with Gasteiger partial charge in [0, 0.05) is 5.69 Å². The summed E-state index contributed by atoms with van der Waals surface area (Å²) >= 11 is 0. The third-order valence-corrected chi connectivity index (χ3v) is 4.18. The lowest BCUT2D eigenvalue weighted by molar-refractivity contribution is -0.116. The normalized spacial score (nSPS) is 10.6. The van der Waals surface area contributed by atoms with Crippen LogP contribution < -0.4 is 5.32 Å². The molecule has 3 aromatic carbocycles. The fraction of sp³-hybridized carbons (Fsp3) is 0.136. The van der Waals surface area contributed by atoms with Crippen LogP contribution in [-0.2, 0) is 4.79 Å². The van der Waals surface area contributed by atoms with Gasteiger partial charge in [-0.05, 0) is 42.2 Å². The number of amides is 1. The maximum absolute atomic E-state index is 13.1. The highest BCUT2D eigenvalue weighted by Gasteiger charge is 2.23. The van der Waals surface area contributed by atoms with Gasteiger partial charge in [-0.25, -0.2) is 0 Å². The molecule has 1 N–H and O–H groups in total. The van der Waals surface area contributed by atoms with Crippen LogP contribution in [0.5, 0.6) is 0 Å². The first-order valence-corrected chi connectivity index (χ1v) is 8.13. The molecule has 0 spiro atoms. The Morgan fingerprint density at radius 1 is 0.792 bits per heavy atom. The van der Waals surface area contributed by atoms with E-state index in [4.69, 9.17) is 0 Å². The summed E-state index contributed by atoms with van der Waals surface area (Å²) in [6.07, 6.45) is 0. The third kappa shape index (κ3) is 3.54. The van der Waals surface area contributed by atoms with Crippen molar-refractivity contribution in [2.75, 3.05) is 5.32 Å². The molecule has 0 atom stereocenters. The lowest BCUT2D eigenvalue weighted by Crippen LogP contribution is -2.22. The summed E-state index contributed by atoms with van der Waals surface area (Å²) in [6, 6.07) is 25.9. The van der Waals surface area contributed by atoms with Crippen LogP contribution in [0.4, 0.5) is 5.69 Å². The Morgan fingerprint density at radius 3 is 1.88 bits per heavy atom. The molecule has 2 heteroatoms. The number of hydrogen-bond donors (Lipinski definition) is 1. The van der Waals surface area contributed by atoms with E-state index >= 15 is 0 Å².